The van der Waals surface area contributed by atoms with Gasteiger partial charge < -0.3 is 11.1 Å². The first-order valence-electron chi connectivity index (χ1n) is 5.49. The molecule has 0 fully saturated rings. The molecule has 0 spiro atoms. The Morgan fingerprint density at radius 2 is 2.24 bits per heavy atom. The van der Waals surface area contributed by atoms with Crippen molar-refractivity contribution in [1.82, 2.24) is 9.97 Å². The minimum Gasteiger partial charge on any atom is -0.368 e. The lowest BCUT2D eigenvalue weighted by molar-refractivity contribution is -0.384. The van der Waals surface area contributed by atoms with Crippen molar-refractivity contribution in [1.29, 1.82) is 0 Å². The van der Waals surface area contributed by atoms with Crippen LogP contribution in [0.4, 0.5) is 17.5 Å². The van der Waals surface area contributed by atoms with E-state index in [9.17, 15) is 10.1 Å². The van der Waals surface area contributed by atoms with E-state index in [0.717, 1.165) is 12.6 Å². The van der Waals surface area contributed by atoms with Crippen molar-refractivity contribution < 1.29 is 4.92 Å². The molecule has 0 aliphatic heterocycles. The van der Waals surface area contributed by atoms with Crippen molar-refractivity contribution in [3.05, 3.63) is 16.3 Å². The van der Waals surface area contributed by atoms with Crippen LogP contribution in [0.3, 0.4) is 0 Å². The highest BCUT2D eigenvalue weighted by Gasteiger charge is 2.20. The van der Waals surface area contributed by atoms with E-state index in [1.165, 1.54) is 0 Å². The van der Waals surface area contributed by atoms with Crippen molar-refractivity contribution >= 4 is 17.5 Å². The Kier molecular flexibility index (Phi) is 4.19. The summed E-state index contributed by atoms with van der Waals surface area (Å²) in [6.45, 7) is 6.09. The number of rotatable bonds is 5. The van der Waals surface area contributed by atoms with Gasteiger partial charge in [-0.25, -0.2) is 4.98 Å². The molecule has 7 nitrogen and oxygen atoms in total. The van der Waals surface area contributed by atoms with Gasteiger partial charge in [0.25, 0.3) is 0 Å². The molecular formula is C10H17N5O2. The van der Waals surface area contributed by atoms with E-state index in [2.05, 4.69) is 15.3 Å². The van der Waals surface area contributed by atoms with Gasteiger partial charge in [0, 0.05) is 6.04 Å². The fraction of sp³-hybridized carbons (Fsp3) is 0.600. The molecule has 0 saturated carbocycles. The maximum absolute atomic E-state index is 10.8. The largest absolute Gasteiger partial charge is 0.368 e. The van der Waals surface area contributed by atoms with E-state index in [4.69, 9.17) is 5.73 Å². The van der Waals surface area contributed by atoms with Gasteiger partial charge >= 0.3 is 5.69 Å². The van der Waals surface area contributed by atoms with Gasteiger partial charge in [-0.05, 0) is 12.3 Å². The average molecular weight is 239 g/mol. The molecule has 0 amide bonds. The van der Waals surface area contributed by atoms with E-state index in [0.29, 0.717) is 5.92 Å². The monoisotopic (exact) mass is 239 g/mol. The maximum Gasteiger partial charge on any atom is 0.329 e. The zero-order valence-electron chi connectivity index (χ0n) is 10.2. The Hall–Kier alpha value is -1.92. The number of nitrogens with zero attached hydrogens (tertiary/aromatic N) is 3. The predicted molar refractivity (Wildman–Crippen MR) is 65.6 cm³/mol. The van der Waals surface area contributed by atoms with Gasteiger partial charge in [0.05, 0.1) is 4.92 Å². The summed E-state index contributed by atoms with van der Waals surface area (Å²) in [5.74, 6) is 0.551. The van der Waals surface area contributed by atoms with Gasteiger partial charge in [-0.3, -0.25) is 10.1 Å². The SMILES string of the molecule is CCC(Nc1nc(N)ncc1[N+](=O)[O-])C(C)C. The Morgan fingerprint density at radius 3 is 2.71 bits per heavy atom. The zero-order chi connectivity index (χ0) is 13.0. The van der Waals surface area contributed by atoms with Gasteiger partial charge in [-0.15, -0.1) is 0 Å². The molecule has 1 aromatic rings. The Labute approximate surface area is 99.6 Å². The molecule has 94 valence electrons. The number of anilines is 2. The summed E-state index contributed by atoms with van der Waals surface area (Å²) < 4.78 is 0. The van der Waals surface area contributed by atoms with Crippen LogP contribution in [0.2, 0.25) is 0 Å². The van der Waals surface area contributed by atoms with Gasteiger partial charge in [0.2, 0.25) is 11.8 Å². The number of nitrogen functional groups attached to an aromatic ring is 1. The second-order valence-corrected chi connectivity index (χ2v) is 4.12. The summed E-state index contributed by atoms with van der Waals surface area (Å²) in [6, 6.07) is 0.114. The number of hydrogen-bond donors (Lipinski definition) is 2. The molecule has 0 radical (unpaired) electrons. The van der Waals surface area contributed by atoms with Crippen molar-refractivity contribution in [2.75, 3.05) is 11.1 Å². The molecule has 0 aliphatic rings. The molecule has 3 N–H and O–H groups in total. The van der Waals surface area contributed by atoms with Crippen LogP contribution < -0.4 is 11.1 Å². The van der Waals surface area contributed by atoms with Crippen molar-refractivity contribution in [3.8, 4) is 0 Å². The number of hydrogen-bond acceptors (Lipinski definition) is 6. The lowest BCUT2D eigenvalue weighted by atomic mass is 10.0. The average Bonchev–Trinajstić information content (AvgIpc) is 2.25. The number of aromatic nitrogens is 2. The first kappa shape index (κ1) is 13.1. The summed E-state index contributed by atoms with van der Waals surface area (Å²) in [4.78, 5) is 17.8. The fourth-order valence-electron chi connectivity index (χ4n) is 1.54. The van der Waals surface area contributed by atoms with Gasteiger partial charge in [0.15, 0.2) is 0 Å². The van der Waals surface area contributed by atoms with Crippen LogP contribution >= 0.6 is 0 Å². The molecule has 1 heterocycles. The highest BCUT2D eigenvalue weighted by Crippen LogP contribution is 2.23. The molecule has 17 heavy (non-hydrogen) atoms. The summed E-state index contributed by atoms with van der Waals surface area (Å²) in [5, 5.41) is 13.9. The second-order valence-electron chi connectivity index (χ2n) is 4.12. The van der Waals surface area contributed by atoms with E-state index < -0.39 is 4.92 Å². The van der Waals surface area contributed by atoms with E-state index in [1.807, 2.05) is 20.8 Å². The molecule has 7 heteroatoms. The lowest BCUT2D eigenvalue weighted by Gasteiger charge is -2.20. The van der Waals surface area contributed by atoms with Crippen molar-refractivity contribution in [2.24, 2.45) is 5.92 Å². The van der Waals surface area contributed by atoms with Crippen molar-refractivity contribution in [3.63, 3.8) is 0 Å². The molecule has 1 rings (SSSR count). The predicted octanol–water partition coefficient (Wildman–Crippen LogP) is 1.81. The Morgan fingerprint density at radius 1 is 1.59 bits per heavy atom. The van der Waals surface area contributed by atoms with E-state index in [-0.39, 0.29) is 23.5 Å². The molecule has 1 aromatic heterocycles. The van der Waals surface area contributed by atoms with Crippen LogP contribution in [-0.2, 0) is 0 Å². The third-order valence-electron chi connectivity index (χ3n) is 2.55. The summed E-state index contributed by atoms with van der Waals surface area (Å²) in [5.41, 5.74) is 5.28. The molecule has 0 bridgehead atoms. The molecular weight excluding hydrogens is 222 g/mol. The number of nitro groups is 1. The van der Waals surface area contributed by atoms with Crippen LogP contribution in [0.5, 0.6) is 0 Å². The quantitative estimate of drug-likeness (QED) is 0.599. The van der Waals surface area contributed by atoms with E-state index >= 15 is 0 Å². The molecule has 1 atom stereocenters. The minimum absolute atomic E-state index is 0.0247. The highest BCUT2D eigenvalue weighted by atomic mass is 16.6. The summed E-state index contributed by atoms with van der Waals surface area (Å²) in [6.07, 6.45) is 1.97. The van der Waals surface area contributed by atoms with Crippen LogP contribution in [0.1, 0.15) is 27.2 Å². The Balaban J connectivity index is 3.03. The third kappa shape index (κ3) is 3.27. The molecule has 0 aliphatic carbocycles. The Bertz CT molecular complexity index is 408. The zero-order valence-corrected chi connectivity index (χ0v) is 10.2. The van der Waals surface area contributed by atoms with E-state index in [1.54, 1.807) is 0 Å². The molecule has 0 saturated heterocycles. The standard InChI is InChI=1S/C10H17N5O2/c1-4-7(6(2)3)13-9-8(15(16)17)5-12-10(11)14-9/h5-7H,4H2,1-3H3,(H3,11,12,13,14). The minimum atomic E-state index is -0.519. The van der Waals surface area contributed by atoms with Crippen LogP contribution in [-0.4, -0.2) is 20.9 Å². The maximum atomic E-state index is 10.8. The van der Waals surface area contributed by atoms with Gasteiger partial charge in [-0.2, -0.15) is 4.98 Å². The van der Waals surface area contributed by atoms with Gasteiger partial charge in [0.1, 0.15) is 6.20 Å². The fourth-order valence-corrected chi connectivity index (χ4v) is 1.54. The van der Waals surface area contributed by atoms with Crippen molar-refractivity contribution in [2.45, 2.75) is 33.2 Å². The first-order valence-corrected chi connectivity index (χ1v) is 5.49. The summed E-state index contributed by atoms with van der Waals surface area (Å²) >= 11 is 0. The second kappa shape index (κ2) is 5.42. The smallest absolute Gasteiger partial charge is 0.329 e. The summed E-state index contributed by atoms with van der Waals surface area (Å²) in [7, 11) is 0. The van der Waals surface area contributed by atoms with Crippen LogP contribution in [0.15, 0.2) is 6.20 Å². The lowest BCUT2D eigenvalue weighted by Crippen LogP contribution is -2.26. The highest BCUT2D eigenvalue weighted by molar-refractivity contribution is 5.56. The van der Waals surface area contributed by atoms with Crippen LogP contribution in [0, 0.1) is 16.0 Å². The molecule has 1 unspecified atom stereocenters. The topological polar surface area (TPSA) is 107 Å². The third-order valence-corrected chi connectivity index (χ3v) is 2.55. The normalized spacial score (nSPS) is 12.5. The number of nitrogens with one attached hydrogen (secondary N) is 1. The van der Waals surface area contributed by atoms with Gasteiger partial charge in [-0.1, -0.05) is 20.8 Å². The first-order chi connectivity index (χ1) is 7.95. The molecule has 0 aromatic carbocycles. The number of nitrogens with two attached hydrogens (primary N) is 1. The van der Waals surface area contributed by atoms with Crippen LogP contribution in [0.25, 0.3) is 0 Å².